The number of aliphatic carboxylic acids is 1. The summed E-state index contributed by atoms with van der Waals surface area (Å²) < 4.78 is 11.3. The normalized spacial score (nSPS) is 16.2. The predicted molar refractivity (Wildman–Crippen MR) is 113 cm³/mol. The van der Waals surface area contributed by atoms with Gasteiger partial charge in [-0.25, -0.2) is 9.59 Å². The number of hydrogen-bond donors (Lipinski definition) is 2. The third kappa shape index (κ3) is 6.94. The molecular weight excluding hydrogens is 370 g/mol. The summed E-state index contributed by atoms with van der Waals surface area (Å²) in [6.45, 7) is 11.9. The smallest absolute Gasteiger partial charge is 0.408 e. The number of carboxylic acid groups (broad SMARTS) is 1. The Balaban J connectivity index is 2.07. The van der Waals surface area contributed by atoms with Gasteiger partial charge in [-0.3, -0.25) is 0 Å². The van der Waals surface area contributed by atoms with Gasteiger partial charge in [-0.15, -0.1) is 0 Å². The van der Waals surface area contributed by atoms with E-state index in [1.54, 1.807) is 20.8 Å². The second kappa shape index (κ2) is 9.51. The molecule has 0 unspecified atom stereocenters. The summed E-state index contributed by atoms with van der Waals surface area (Å²) in [5, 5.41) is 11.9. The molecule has 1 aliphatic rings. The first-order valence-corrected chi connectivity index (χ1v) is 10.5. The highest BCUT2D eigenvalue weighted by molar-refractivity contribution is 5.80. The van der Waals surface area contributed by atoms with Crippen molar-refractivity contribution in [2.24, 2.45) is 5.92 Å². The third-order valence-electron chi connectivity index (χ3n) is 5.16. The molecule has 1 aliphatic carbocycles. The number of carbonyl (C=O) groups excluding carboxylic acids is 1. The Labute approximate surface area is 174 Å². The average molecular weight is 406 g/mol. The molecule has 0 aromatic heterocycles. The maximum atomic E-state index is 11.9. The second-order valence-electron chi connectivity index (χ2n) is 9.22. The van der Waals surface area contributed by atoms with E-state index in [1.807, 2.05) is 0 Å². The third-order valence-corrected chi connectivity index (χ3v) is 5.16. The van der Waals surface area contributed by atoms with Crippen molar-refractivity contribution in [3.8, 4) is 5.75 Å². The number of ether oxygens (including phenoxy) is 2. The molecule has 0 bridgehead atoms. The van der Waals surface area contributed by atoms with Crippen molar-refractivity contribution in [2.75, 3.05) is 6.61 Å². The summed E-state index contributed by atoms with van der Waals surface area (Å²) >= 11 is 0. The molecule has 0 heterocycles. The van der Waals surface area contributed by atoms with E-state index >= 15 is 0 Å². The minimum atomic E-state index is -1.11. The summed E-state index contributed by atoms with van der Waals surface area (Å²) in [5.41, 5.74) is 1.63. The summed E-state index contributed by atoms with van der Waals surface area (Å²) in [6, 6.07) is 5.18. The topological polar surface area (TPSA) is 84.9 Å². The van der Waals surface area contributed by atoms with E-state index in [4.69, 9.17) is 9.47 Å². The van der Waals surface area contributed by atoms with Gasteiger partial charge < -0.3 is 19.9 Å². The van der Waals surface area contributed by atoms with Gasteiger partial charge in [0.05, 0.1) is 6.61 Å². The number of nitrogens with one attached hydrogen (secondary N) is 1. The summed E-state index contributed by atoms with van der Waals surface area (Å²) in [6.07, 6.45) is 1.90. The Morgan fingerprint density at radius 1 is 1.17 bits per heavy atom. The molecule has 0 radical (unpaired) electrons. The van der Waals surface area contributed by atoms with Crippen LogP contribution in [0, 0.1) is 5.92 Å². The van der Waals surface area contributed by atoms with E-state index in [1.165, 1.54) is 18.4 Å². The molecule has 6 heteroatoms. The molecule has 2 rings (SSSR count). The van der Waals surface area contributed by atoms with Gasteiger partial charge >= 0.3 is 12.1 Å². The van der Waals surface area contributed by atoms with E-state index in [-0.39, 0.29) is 13.0 Å². The van der Waals surface area contributed by atoms with Crippen LogP contribution in [0.1, 0.15) is 83.8 Å². The van der Waals surface area contributed by atoms with Gasteiger partial charge in [0.1, 0.15) is 17.4 Å². The molecule has 0 saturated heterocycles. The first kappa shape index (κ1) is 23.0. The highest BCUT2D eigenvalue weighted by Crippen LogP contribution is 2.46. The van der Waals surface area contributed by atoms with Crippen molar-refractivity contribution in [1.29, 1.82) is 0 Å². The zero-order valence-corrected chi connectivity index (χ0v) is 18.5. The zero-order chi connectivity index (χ0) is 21.8. The molecule has 0 spiro atoms. The van der Waals surface area contributed by atoms with Crippen LogP contribution in [0.5, 0.6) is 5.75 Å². The lowest BCUT2D eigenvalue weighted by molar-refractivity contribution is -0.139. The lowest BCUT2D eigenvalue weighted by Gasteiger charge is -2.23. The molecule has 1 saturated carbocycles. The van der Waals surface area contributed by atoms with Crippen LogP contribution in [-0.2, 0) is 9.53 Å². The second-order valence-corrected chi connectivity index (χ2v) is 9.22. The number of carboxylic acids is 1. The van der Waals surface area contributed by atoms with E-state index < -0.39 is 23.7 Å². The molecule has 29 heavy (non-hydrogen) atoms. The molecule has 0 aliphatic heterocycles. The van der Waals surface area contributed by atoms with Crippen LogP contribution in [0.3, 0.4) is 0 Å². The zero-order valence-electron chi connectivity index (χ0n) is 18.5. The van der Waals surface area contributed by atoms with E-state index in [2.05, 4.69) is 44.3 Å². The highest BCUT2D eigenvalue weighted by atomic mass is 16.6. The Kier molecular flexibility index (Phi) is 7.55. The van der Waals surface area contributed by atoms with Crippen LogP contribution in [0.25, 0.3) is 0 Å². The first-order valence-electron chi connectivity index (χ1n) is 10.5. The molecule has 2 N–H and O–H groups in total. The number of amides is 1. The number of rotatable bonds is 9. The standard InChI is InChI=1S/C23H35NO5/c1-14(2)17-8-7-9-18(15(3)16-10-11-16)20(17)28-13-12-19(21(25)26)24-22(27)29-23(4,5)6/h7-9,14-16,19H,10-13H2,1-6H3,(H,24,27)(H,25,26)/t15-,19+/m1/s1. The molecule has 6 nitrogen and oxygen atoms in total. The summed E-state index contributed by atoms with van der Waals surface area (Å²) in [5.74, 6) is 1.16. The van der Waals surface area contributed by atoms with Crippen LogP contribution in [0.15, 0.2) is 18.2 Å². The fraction of sp³-hybridized carbons (Fsp3) is 0.652. The van der Waals surface area contributed by atoms with Crippen LogP contribution >= 0.6 is 0 Å². The van der Waals surface area contributed by atoms with Crippen molar-refractivity contribution in [2.45, 2.75) is 84.3 Å². The van der Waals surface area contributed by atoms with E-state index in [0.29, 0.717) is 17.8 Å². The molecular formula is C23H35NO5. The maximum absolute atomic E-state index is 11.9. The quantitative estimate of drug-likeness (QED) is 0.599. The number of benzene rings is 1. The lowest BCUT2D eigenvalue weighted by Crippen LogP contribution is -2.44. The van der Waals surface area contributed by atoms with Crippen LogP contribution in [0.4, 0.5) is 4.79 Å². The van der Waals surface area contributed by atoms with Crippen LogP contribution in [-0.4, -0.2) is 35.4 Å². The fourth-order valence-corrected chi connectivity index (χ4v) is 3.39. The Morgan fingerprint density at radius 2 is 1.79 bits per heavy atom. The van der Waals surface area contributed by atoms with Gasteiger partial charge in [0.15, 0.2) is 0 Å². The number of hydrogen-bond acceptors (Lipinski definition) is 4. The number of alkyl carbamates (subject to hydrolysis) is 1. The maximum Gasteiger partial charge on any atom is 0.408 e. The number of carbonyl (C=O) groups is 2. The lowest BCUT2D eigenvalue weighted by atomic mass is 9.90. The highest BCUT2D eigenvalue weighted by Gasteiger charge is 2.31. The largest absolute Gasteiger partial charge is 0.493 e. The number of para-hydroxylation sites is 1. The van der Waals surface area contributed by atoms with Gasteiger partial charge in [-0.2, -0.15) is 0 Å². The Bertz CT molecular complexity index is 718. The Hall–Kier alpha value is -2.24. The van der Waals surface area contributed by atoms with Crippen molar-refractivity contribution in [3.05, 3.63) is 29.3 Å². The van der Waals surface area contributed by atoms with E-state index in [0.717, 1.165) is 11.3 Å². The molecule has 2 atom stereocenters. The van der Waals surface area contributed by atoms with Crippen molar-refractivity contribution in [3.63, 3.8) is 0 Å². The first-order chi connectivity index (χ1) is 13.5. The molecule has 1 aromatic carbocycles. The molecule has 162 valence electrons. The van der Waals surface area contributed by atoms with Gasteiger partial charge in [-0.05, 0) is 62.5 Å². The van der Waals surface area contributed by atoms with Gasteiger partial charge in [-0.1, -0.05) is 39.0 Å². The summed E-state index contributed by atoms with van der Waals surface area (Å²) in [4.78, 5) is 23.5. The molecule has 1 aromatic rings. The van der Waals surface area contributed by atoms with Crippen molar-refractivity contribution in [1.82, 2.24) is 5.32 Å². The van der Waals surface area contributed by atoms with Gasteiger partial charge in [0.25, 0.3) is 0 Å². The van der Waals surface area contributed by atoms with Gasteiger partial charge in [0.2, 0.25) is 0 Å². The van der Waals surface area contributed by atoms with E-state index in [9.17, 15) is 14.7 Å². The van der Waals surface area contributed by atoms with Crippen LogP contribution in [0.2, 0.25) is 0 Å². The minimum absolute atomic E-state index is 0.151. The minimum Gasteiger partial charge on any atom is -0.493 e. The molecule has 1 fully saturated rings. The average Bonchev–Trinajstić information content (AvgIpc) is 3.43. The van der Waals surface area contributed by atoms with Crippen molar-refractivity contribution < 1.29 is 24.2 Å². The van der Waals surface area contributed by atoms with Gasteiger partial charge in [0, 0.05) is 6.42 Å². The fourth-order valence-electron chi connectivity index (χ4n) is 3.39. The monoisotopic (exact) mass is 405 g/mol. The SMILES string of the molecule is CC(C)c1cccc([C@H](C)C2CC2)c1OCC[C@H](NC(=O)OC(C)(C)C)C(=O)O. The predicted octanol–water partition coefficient (Wildman–Crippen LogP) is 5.07. The van der Waals surface area contributed by atoms with Crippen molar-refractivity contribution >= 4 is 12.1 Å². The molecule has 1 amide bonds. The van der Waals surface area contributed by atoms with Crippen LogP contribution < -0.4 is 10.1 Å². The summed E-state index contributed by atoms with van der Waals surface area (Å²) in [7, 11) is 0. The Morgan fingerprint density at radius 3 is 2.31 bits per heavy atom.